The molecule has 0 bridgehead atoms. The Labute approximate surface area is 114 Å². The molecular weight excluding hydrogens is 302 g/mol. The molecule has 0 aliphatic carbocycles. The maximum absolute atomic E-state index is 11.8. The van der Waals surface area contributed by atoms with Crippen LogP contribution in [-0.2, 0) is 11.3 Å². The summed E-state index contributed by atoms with van der Waals surface area (Å²) in [5, 5.41) is 0.697. The van der Waals surface area contributed by atoms with E-state index in [0.29, 0.717) is 18.0 Å². The van der Waals surface area contributed by atoms with Crippen molar-refractivity contribution in [2.45, 2.75) is 13.0 Å². The molecule has 1 amide bonds. The lowest BCUT2D eigenvalue weighted by Gasteiger charge is -2.17. The maximum Gasteiger partial charge on any atom is 0.223 e. The molecule has 0 radical (unpaired) electrons. The van der Waals surface area contributed by atoms with Crippen LogP contribution in [0.3, 0.4) is 0 Å². The SMILES string of the molecule is C=CC1CC(=O)N(Cc2cc(Br)ccc2Cl)C1. The highest BCUT2D eigenvalue weighted by atomic mass is 79.9. The van der Waals surface area contributed by atoms with E-state index in [4.69, 9.17) is 11.6 Å². The minimum Gasteiger partial charge on any atom is -0.338 e. The molecule has 1 aliphatic heterocycles. The lowest BCUT2D eigenvalue weighted by atomic mass is 10.1. The van der Waals surface area contributed by atoms with Crippen molar-refractivity contribution in [3.05, 3.63) is 45.9 Å². The largest absolute Gasteiger partial charge is 0.338 e. The first kappa shape index (κ1) is 12.7. The molecule has 90 valence electrons. The van der Waals surface area contributed by atoms with Crippen molar-refractivity contribution < 1.29 is 4.79 Å². The summed E-state index contributed by atoms with van der Waals surface area (Å²) in [5.41, 5.74) is 0.971. The number of carbonyl (C=O) groups is 1. The Balaban J connectivity index is 2.13. The Morgan fingerprint density at radius 1 is 1.59 bits per heavy atom. The zero-order valence-electron chi connectivity index (χ0n) is 9.33. The van der Waals surface area contributed by atoms with Gasteiger partial charge in [0, 0.05) is 34.9 Å². The minimum atomic E-state index is 0.172. The molecule has 0 saturated carbocycles. The third kappa shape index (κ3) is 2.90. The van der Waals surface area contributed by atoms with Crippen LogP contribution in [0, 0.1) is 5.92 Å². The van der Waals surface area contributed by atoms with Crippen LogP contribution in [-0.4, -0.2) is 17.4 Å². The van der Waals surface area contributed by atoms with E-state index in [2.05, 4.69) is 22.5 Å². The lowest BCUT2D eigenvalue weighted by molar-refractivity contribution is -0.128. The Hall–Kier alpha value is -0.800. The van der Waals surface area contributed by atoms with Crippen LogP contribution in [0.1, 0.15) is 12.0 Å². The van der Waals surface area contributed by atoms with Crippen molar-refractivity contribution >= 4 is 33.4 Å². The molecule has 2 rings (SSSR count). The molecule has 17 heavy (non-hydrogen) atoms. The summed E-state index contributed by atoms with van der Waals surface area (Å²) < 4.78 is 0.976. The van der Waals surface area contributed by atoms with Crippen LogP contribution in [0.15, 0.2) is 35.3 Å². The van der Waals surface area contributed by atoms with Gasteiger partial charge in [-0.1, -0.05) is 33.6 Å². The number of hydrogen-bond acceptors (Lipinski definition) is 1. The monoisotopic (exact) mass is 313 g/mol. The molecule has 1 unspecified atom stereocenters. The van der Waals surface area contributed by atoms with Crippen LogP contribution in [0.4, 0.5) is 0 Å². The van der Waals surface area contributed by atoms with E-state index in [1.807, 2.05) is 29.2 Å². The second-order valence-electron chi connectivity index (χ2n) is 4.21. The summed E-state index contributed by atoms with van der Waals surface area (Å²) in [6.45, 7) is 5.05. The normalized spacial score (nSPS) is 19.8. The molecule has 1 aromatic carbocycles. The van der Waals surface area contributed by atoms with Crippen molar-refractivity contribution in [3.8, 4) is 0 Å². The van der Waals surface area contributed by atoms with Gasteiger partial charge in [0.1, 0.15) is 0 Å². The number of likely N-dealkylation sites (tertiary alicyclic amines) is 1. The molecule has 0 N–H and O–H groups in total. The number of halogens is 2. The second-order valence-corrected chi connectivity index (χ2v) is 5.53. The Morgan fingerprint density at radius 2 is 2.35 bits per heavy atom. The van der Waals surface area contributed by atoms with Crippen molar-refractivity contribution in [1.29, 1.82) is 0 Å². The van der Waals surface area contributed by atoms with Gasteiger partial charge in [0.15, 0.2) is 0 Å². The van der Waals surface area contributed by atoms with E-state index in [1.165, 1.54) is 0 Å². The summed E-state index contributed by atoms with van der Waals surface area (Å²) in [4.78, 5) is 13.6. The summed E-state index contributed by atoms with van der Waals surface area (Å²) in [6.07, 6.45) is 2.41. The first-order valence-corrected chi connectivity index (χ1v) is 6.61. The summed E-state index contributed by atoms with van der Waals surface area (Å²) in [6, 6.07) is 5.69. The second kappa shape index (κ2) is 5.23. The molecule has 1 saturated heterocycles. The number of nitrogens with zero attached hydrogens (tertiary/aromatic N) is 1. The third-order valence-corrected chi connectivity index (χ3v) is 3.81. The molecule has 0 spiro atoms. The molecule has 1 heterocycles. The topological polar surface area (TPSA) is 20.3 Å². The Kier molecular flexibility index (Phi) is 3.89. The smallest absolute Gasteiger partial charge is 0.223 e. The fraction of sp³-hybridized carbons (Fsp3) is 0.308. The first-order valence-electron chi connectivity index (χ1n) is 5.44. The lowest BCUT2D eigenvalue weighted by Crippen LogP contribution is -2.24. The van der Waals surface area contributed by atoms with Gasteiger partial charge in [0.2, 0.25) is 5.91 Å². The van der Waals surface area contributed by atoms with Gasteiger partial charge in [-0.2, -0.15) is 0 Å². The highest BCUT2D eigenvalue weighted by Crippen LogP contribution is 2.26. The van der Waals surface area contributed by atoms with Gasteiger partial charge in [0.25, 0.3) is 0 Å². The molecule has 2 nitrogen and oxygen atoms in total. The molecule has 1 aromatic rings. The maximum atomic E-state index is 11.8. The molecular formula is C13H13BrClNO. The molecule has 4 heteroatoms. The highest BCUT2D eigenvalue weighted by molar-refractivity contribution is 9.10. The average Bonchev–Trinajstić information content (AvgIpc) is 2.65. The number of carbonyl (C=O) groups excluding carboxylic acids is 1. The Morgan fingerprint density at radius 3 is 3.00 bits per heavy atom. The van der Waals surface area contributed by atoms with Crippen molar-refractivity contribution in [2.24, 2.45) is 5.92 Å². The third-order valence-electron chi connectivity index (χ3n) is 2.95. The van der Waals surface area contributed by atoms with E-state index in [1.54, 1.807) is 0 Å². The van der Waals surface area contributed by atoms with Gasteiger partial charge in [0.05, 0.1) is 0 Å². The molecule has 1 atom stereocenters. The van der Waals surface area contributed by atoms with E-state index >= 15 is 0 Å². The summed E-state index contributed by atoms with van der Waals surface area (Å²) in [7, 11) is 0. The van der Waals surface area contributed by atoms with Crippen molar-refractivity contribution in [1.82, 2.24) is 4.90 Å². The van der Waals surface area contributed by atoms with Gasteiger partial charge >= 0.3 is 0 Å². The summed E-state index contributed by atoms with van der Waals surface area (Å²) in [5.74, 6) is 0.444. The van der Waals surface area contributed by atoms with Gasteiger partial charge < -0.3 is 4.90 Å². The zero-order chi connectivity index (χ0) is 12.4. The fourth-order valence-electron chi connectivity index (χ4n) is 1.98. The van der Waals surface area contributed by atoms with Crippen molar-refractivity contribution in [2.75, 3.05) is 6.54 Å². The van der Waals surface area contributed by atoms with Gasteiger partial charge in [-0.15, -0.1) is 6.58 Å². The number of benzene rings is 1. The van der Waals surface area contributed by atoms with E-state index in [-0.39, 0.29) is 11.8 Å². The first-order chi connectivity index (χ1) is 8.10. The predicted molar refractivity (Wildman–Crippen MR) is 72.9 cm³/mol. The Bertz CT molecular complexity index is 461. The molecule has 0 aromatic heterocycles. The van der Waals surface area contributed by atoms with Crippen LogP contribution >= 0.6 is 27.5 Å². The van der Waals surface area contributed by atoms with Gasteiger partial charge in [-0.25, -0.2) is 0 Å². The number of rotatable bonds is 3. The number of hydrogen-bond donors (Lipinski definition) is 0. The van der Waals surface area contributed by atoms with E-state index < -0.39 is 0 Å². The predicted octanol–water partition coefficient (Wildman–Crippen LogP) is 3.64. The van der Waals surface area contributed by atoms with Crippen LogP contribution in [0.2, 0.25) is 5.02 Å². The van der Waals surface area contributed by atoms with Crippen LogP contribution < -0.4 is 0 Å². The van der Waals surface area contributed by atoms with Crippen LogP contribution in [0.5, 0.6) is 0 Å². The standard InChI is InChI=1S/C13H13BrClNO/c1-2-9-5-13(17)16(7-9)8-10-6-11(14)3-4-12(10)15/h2-4,6,9H,1,5,7-8H2. The average molecular weight is 315 g/mol. The molecule has 1 aliphatic rings. The molecule has 1 fully saturated rings. The van der Waals surface area contributed by atoms with E-state index in [0.717, 1.165) is 16.6 Å². The number of amides is 1. The van der Waals surface area contributed by atoms with Gasteiger partial charge in [-0.3, -0.25) is 4.79 Å². The highest BCUT2D eigenvalue weighted by Gasteiger charge is 2.27. The van der Waals surface area contributed by atoms with Crippen LogP contribution in [0.25, 0.3) is 0 Å². The minimum absolute atomic E-state index is 0.172. The van der Waals surface area contributed by atoms with Gasteiger partial charge in [-0.05, 0) is 23.8 Å². The quantitative estimate of drug-likeness (QED) is 0.780. The fourth-order valence-corrected chi connectivity index (χ4v) is 2.57. The van der Waals surface area contributed by atoms with E-state index in [9.17, 15) is 4.79 Å². The van der Waals surface area contributed by atoms with Crippen molar-refractivity contribution in [3.63, 3.8) is 0 Å². The zero-order valence-corrected chi connectivity index (χ0v) is 11.7. The summed E-state index contributed by atoms with van der Waals surface area (Å²) >= 11 is 9.52.